The van der Waals surface area contributed by atoms with Crippen LogP contribution >= 0.6 is 0 Å². The average molecular weight is 286 g/mol. The van der Waals surface area contributed by atoms with E-state index in [0.717, 1.165) is 7.11 Å². The van der Waals surface area contributed by atoms with Crippen LogP contribution in [0.15, 0.2) is 35.2 Å². The summed E-state index contributed by atoms with van der Waals surface area (Å²) in [6, 6.07) is 8.00. The number of hydrogen-bond acceptors (Lipinski definition) is 3. The highest BCUT2D eigenvalue weighted by atomic mass is 32.2. The second-order valence-electron chi connectivity index (χ2n) is 4.35. The lowest BCUT2D eigenvalue weighted by molar-refractivity contribution is 0.398. The maximum Gasteiger partial charge on any atom is 0.296 e. The molecule has 19 heavy (non-hydrogen) atoms. The predicted octanol–water partition coefficient (Wildman–Crippen LogP) is 4.39. The lowest BCUT2D eigenvalue weighted by atomic mass is 10.1. The molecular weight excluding hydrogens is 260 g/mol. The van der Waals surface area contributed by atoms with Crippen LogP contribution in [0.25, 0.3) is 0 Å². The van der Waals surface area contributed by atoms with Crippen molar-refractivity contribution < 1.29 is 12.6 Å². The molecule has 0 saturated carbocycles. The average Bonchev–Trinajstić information content (AvgIpc) is 2.45. The summed E-state index contributed by atoms with van der Waals surface area (Å²) in [4.78, 5) is 0.183. The Kier molecular flexibility index (Phi) is 10.5. The number of unbranched alkanes of at least 4 members (excludes halogenated alkanes) is 5. The zero-order valence-corrected chi connectivity index (χ0v) is 13.1. The molecule has 1 rings (SSSR count). The Morgan fingerprint density at radius 2 is 1.37 bits per heavy atom. The Hall–Kier alpha value is -0.870. The van der Waals surface area contributed by atoms with E-state index >= 15 is 0 Å². The second-order valence-corrected chi connectivity index (χ2v) is 6.06. The first-order valence-corrected chi connectivity index (χ1v) is 8.35. The van der Waals surface area contributed by atoms with Crippen LogP contribution in [0, 0.1) is 0 Å². The molecule has 1 aromatic carbocycles. The van der Waals surface area contributed by atoms with Crippen LogP contribution < -0.4 is 0 Å². The Bertz CT molecular complexity index is 393. The van der Waals surface area contributed by atoms with Crippen molar-refractivity contribution in [2.24, 2.45) is 0 Å². The Morgan fingerprint density at radius 1 is 0.895 bits per heavy atom. The maximum atomic E-state index is 11.0. The van der Waals surface area contributed by atoms with Crippen LogP contribution in [-0.4, -0.2) is 15.5 Å². The summed E-state index contributed by atoms with van der Waals surface area (Å²) in [6.45, 7) is 4.51. The van der Waals surface area contributed by atoms with Crippen LogP contribution in [0.1, 0.15) is 52.4 Å². The minimum absolute atomic E-state index is 0.183. The Balaban J connectivity index is 0.000000362. The molecule has 110 valence electrons. The fraction of sp³-hybridized carbons (Fsp3) is 0.600. The van der Waals surface area contributed by atoms with Gasteiger partial charge in [0.2, 0.25) is 0 Å². The van der Waals surface area contributed by atoms with Gasteiger partial charge in [0.05, 0.1) is 12.0 Å². The van der Waals surface area contributed by atoms with Crippen molar-refractivity contribution in [1.82, 2.24) is 0 Å². The van der Waals surface area contributed by atoms with Gasteiger partial charge in [-0.1, -0.05) is 70.6 Å². The van der Waals surface area contributed by atoms with E-state index in [1.54, 1.807) is 18.2 Å². The van der Waals surface area contributed by atoms with Gasteiger partial charge < -0.3 is 0 Å². The molecular formula is C15H26O3S. The molecule has 0 spiro atoms. The van der Waals surface area contributed by atoms with Crippen LogP contribution in [0.3, 0.4) is 0 Å². The molecule has 0 aromatic heterocycles. The predicted molar refractivity (Wildman–Crippen MR) is 79.7 cm³/mol. The highest BCUT2D eigenvalue weighted by molar-refractivity contribution is 7.86. The summed E-state index contributed by atoms with van der Waals surface area (Å²) in [5.74, 6) is 0. The van der Waals surface area contributed by atoms with Gasteiger partial charge in [-0.15, -0.1) is 0 Å². The smallest absolute Gasteiger partial charge is 0.270 e. The molecule has 0 aliphatic rings. The highest BCUT2D eigenvalue weighted by Crippen LogP contribution is 2.09. The third-order valence-corrected chi connectivity index (χ3v) is 4.00. The van der Waals surface area contributed by atoms with Crippen LogP contribution in [0.5, 0.6) is 0 Å². The normalized spacial score (nSPS) is 10.7. The van der Waals surface area contributed by atoms with Gasteiger partial charge in [-0.3, -0.25) is 4.18 Å². The Labute approximate surface area is 118 Å². The van der Waals surface area contributed by atoms with E-state index in [1.807, 2.05) is 0 Å². The summed E-state index contributed by atoms with van der Waals surface area (Å²) in [7, 11) is -2.36. The zero-order valence-electron chi connectivity index (χ0n) is 12.3. The molecule has 0 fully saturated rings. The van der Waals surface area contributed by atoms with Crippen molar-refractivity contribution >= 4 is 10.1 Å². The zero-order chi connectivity index (χ0) is 14.6. The van der Waals surface area contributed by atoms with E-state index in [0.29, 0.717) is 0 Å². The molecule has 0 saturated heterocycles. The van der Waals surface area contributed by atoms with Crippen LogP contribution in [0.2, 0.25) is 0 Å². The van der Waals surface area contributed by atoms with Gasteiger partial charge >= 0.3 is 0 Å². The van der Waals surface area contributed by atoms with Gasteiger partial charge in [0.15, 0.2) is 0 Å². The standard InChI is InChI=1S/C8H18.C7H8O3S/c1-3-5-7-8-6-4-2;1-10-11(8,9)7-5-3-2-4-6-7/h3-8H2,1-2H3;2-6H,1H3. The van der Waals surface area contributed by atoms with Crippen molar-refractivity contribution in [1.29, 1.82) is 0 Å². The lowest BCUT2D eigenvalue weighted by Crippen LogP contribution is -2.01. The minimum atomic E-state index is -3.50. The van der Waals surface area contributed by atoms with Crippen molar-refractivity contribution in [3.05, 3.63) is 30.3 Å². The van der Waals surface area contributed by atoms with Crippen LogP contribution in [0.4, 0.5) is 0 Å². The third kappa shape index (κ3) is 8.78. The van der Waals surface area contributed by atoms with Gasteiger partial charge in [0.25, 0.3) is 10.1 Å². The molecule has 0 atom stereocenters. The molecule has 3 nitrogen and oxygen atoms in total. The van der Waals surface area contributed by atoms with Gasteiger partial charge in [0.1, 0.15) is 0 Å². The number of hydrogen-bond donors (Lipinski definition) is 0. The molecule has 0 aliphatic heterocycles. The molecule has 1 aromatic rings. The maximum absolute atomic E-state index is 11.0. The molecule has 0 unspecified atom stereocenters. The van der Waals surface area contributed by atoms with Gasteiger partial charge in [-0.25, -0.2) is 0 Å². The lowest BCUT2D eigenvalue weighted by Gasteiger charge is -1.98. The SMILES string of the molecule is CCCCCCCC.COS(=O)(=O)c1ccccc1. The van der Waals surface area contributed by atoms with Crippen molar-refractivity contribution in [2.45, 2.75) is 57.3 Å². The summed E-state index contributed by atoms with van der Waals surface area (Å²) in [6.07, 6.45) is 8.49. The largest absolute Gasteiger partial charge is 0.296 e. The van der Waals surface area contributed by atoms with E-state index < -0.39 is 10.1 Å². The van der Waals surface area contributed by atoms with Gasteiger partial charge in [-0.2, -0.15) is 8.42 Å². The summed E-state index contributed by atoms with van der Waals surface area (Å²) < 4.78 is 26.3. The van der Waals surface area contributed by atoms with Crippen LogP contribution in [-0.2, 0) is 14.3 Å². The van der Waals surface area contributed by atoms with E-state index in [9.17, 15) is 8.42 Å². The van der Waals surface area contributed by atoms with Crippen molar-refractivity contribution in [3.8, 4) is 0 Å². The van der Waals surface area contributed by atoms with Crippen molar-refractivity contribution in [3.63, 3.8) is 0 Å². The third-order valence-electron chi connectivity index (χ3n) is 2.71. The van der Waals surface area contributed by atoms with Crippen molar-refractivity contribution in [2.75, 3.05) is 7.11 Å². The van der Waals surface area contributed by atoms with E-state index in [2.05, 4.69) is 18.0 Å². The van der Waals surface area contributed by atoms with E-state index in [-0.39, 0.29) is 4.90 Å². The topological polar surface area (TPSA) is 43.4 Å². The van der Waals surface area contributed by atoms with Gasteiger partial charge in [0, 0.05) is 0 Å². The minimum Gasteiger partial charge on any atom is -0.270 e. The summed E-state index contributed by atoms with van der Waals surface area (Å²) in [5, 5.41) is 0. The molecule has 0 amide bonds. The first kappa shape index (κ1) is 18.1. The van der Waals surface area contributed by atoms with E-state index in [4.69, 9.17) is 0 Å². The monoisotopic (exact) mass is 286 g/mol. The molecule has 0 radical (unpaired) electrons. The first-order chi connectivity index (χ1) is 9.08. The number of rotatable bonds is 7. The molecule has 0 heterocycles. The quantitative estimate of drug-likeness (QED) is 0.551. The fourth-order valence-electron chi connectivity index (χ4n) is 1.54. The molecule has 0 N–H and O–H groups in total. The first-order valence-electron chi connectivity index (χ1n) is 6.94. The fourth-order valence-corrected chi connectivity index (χ4v) is 2.22. The Morgan fingerprint density at radius 3 is 1.74 bits per heavy atom. The summed E-state index contributed by atoms with van der Waals surface area (Å²) in [5.41, 5.74) is 0. The van der Waals surface area contributed by atoms with E-state index in [1.165, 1.54) is 50.7 Å². The van der Waals surface area contributed by atoms with Gasteiger partial charge in [-0.05, 0) is 12.1 Å². The highest BCUT2D eigenvalue weighted by Gasteiger charge is 2.10. The molecule has 0 aliphatic carbocycles. The number of benzene rings is 1. The summed E-state index contributed by atoms with van der Waals surface area (Å²) >= 11 is 0. The molecule has 4 heteroatoms. The molecule has 0 bridgehead atoms. The second kappa shape index (κ2) is 11.0.